The van der Waals surface area contributed by atoms with Gasteiger partial charge in [-0.25, -0.2) is 0 Å². The van der Waals surface area contributed by atoms with Crippen LogP contribution in [0.5, 0.6) is 11.5 Å². The number of hydrogen-bond acceptors (Lipinski definition) is 4. The molecule has 0 aromatic heterocycles. The second-order valence-electron chi connectivity index (χ2n) is 8.45. The molecule has 0 aliphatic carbocycles. The number of hydrogen-bond donors (Lipinski definition) is 1. The molecular weight excluding hydrogens is 563 g/mol. The summed E-state index contributed by atoms with van der Waals surface area (Å²) in [5.41, 5.74) is 4.43. The minimum atomic E-state index is -0.463. The Bertz CT molecular complexity index is 1520. The predicted molar refractivity (Wildman–Crippen MR) is 152 cm³/mol. The Hall–Kier alpha value is -3.83. The van der Waals surface area contributed by atoms with Crippen molar-refractivity contribution in [3.63, 3.8) is 0 Å². The molecule has 36 heavy (non-hydrogen) atoms. The molecule has 0 unspecified atom stereocenters. The van der Waals surface area contributed by atoms with Crippen LogP contribution in [-0.4, -0.2) is 13.0 Å². The van der Waals surface area contributed by atoms with Crippen LogP contribution in [0.2, 0.25) is 0 Å². The molecule has 0 heterocycles. The van der Waals surface area contributed by atoms with Crippen molar-refractivity contribution in [2.45, 2.75) is 20.5 Å². The topological polar surface area (TPSA) is 71.3 Å². The van der Waals surface area contributed by atoms with Crippen LogP contribution in [0.25, 0.3) is 16.8 Å². The van der Waals surface area contributed by atoms with E-state index < -0.39 is 5.91 Å². The number of aryl methyl sites for hydroxylation is 2. The zero-order chi connectivity index (χ0) is 25.7. The van der Waals surface area contributed by atoms with E-state index in [4.69, 9.17) is 9.47 Å². The van der Waals surface area contributed by atoms with Crippen molar-refractivity contribution in [2.75, 3.05) is 12.4 Å². The van der Waals surface area contributed by atoms with Crippen molar-refractivity contribution in [1.29, 1.82) is 5.26 Å². The summed E-state index contributed by atoms with van der Waals surface area (Å²) in [6.45, 7) is 4.29. The molecule has 0 saturated carbocycles. The molecule has 0 spiro atoms. The molecule has 0 aliphatic rings. The van der Waals surface area contributed by atoms with Gasteiger partial charge in [0, 0.05) is 5.69 Å². The standard InChI is InChI=1S/C30H25IN2O3/c1-19-8-11-27(20(2)12-19)33-30(34)25(17-32)14-22-15-26(31)29(28(16-22)35-3)36-18-21-9-10-23-6-4-5-7-24(23)13-21/h4-16H,18H2,1-3H3,(H,33,34)/b25-14+. The van der Waals surface area contributed by atoms with Crippen molar-refractivity contribution >= 4 is 51.0 Å². The Morgan fingerprint density at radius 3 is 2.53 bits per heavy atom. The lowest BCUT2D eigenvalue weighted by Gasteiger charge is -2.14. The largest absolute Gasteiger partial charge is 0.493 e. The van der Waals surface area contributed by atoms with Gasteiger partial charge < -0.3 is 14.8 Å². The fourth-order valence-corrected chi connectivity index (χ4v) is 4.69. The van der Waals surface area contributed by atoms with E-state index in [-0.39, 0.29) is 5.57 Å². The van der Waals surface area contributed by atoms with E-state index in [1.54, 1.807) is 19.3 Å². The number of halogens is 1. The van der Waals surface area contributed by atoms with E-state index in [0.29, 0.717) is 29.4 Å². The second kappa shape index (κ2) is 11.3. The van der Waals surface area contributed by atoms with Gasteiger partial charge in [0.15, 0.2) is 11.5 Å². The quantitative estimate of drug-likeness (QED) is 0.141. The van der Waals surface area contributed by atoms with Crippen LogP contribution in [0, 0.1) is 28.7 Å². The Morgan fingerprint density at radius 1 is 1.03 bits per heavy atom. The third-order valence-electron chi connectivity index (χ3n) is 5.76. The van der Waals surface area contributed by atoms with Crippen LogP contribution in [0.3, 0.4) is 0 Å². The SMILES string of the molecule is COc1cc(/C=C(\C#N)C(=O)Nc2ccc(C)cc2C)cc(I)c1OCc1ccc2ccccc2c1. The molecule has 180 valence electrons. The summed E-state index contributed by atoms with van der Waals surface area (Å²) in [5, 5.41) is 14.8. The van der Waals surface area contributed by atoms with Crippen molar-refractivity contribution in [3.8, 4) is 17.6 Å². The van der Waals surface area contributed by atoms with Gasteiger partial charge in [0.2, 0.25) is 0 Å². The summed E-state index contributed by atoms with van der Waals surface area (Å²) in [5.74, 6) is 0.678. The molecule has 1 amide bonds. The van der Waals surface area contributed by atoms with Crippen molar-refractivity contribution < 1.29 is 14.3 Å². The summed E-state index contributed by atoms with van der Waals surface area (Å²) in [6.07, 6.45) is 1.55. The summed E-state index contributed by atoms with van der Waals surface area (Å²) >= 11 is 2.18. The molecule has 0 bridgehead atoms. The van der Waals surface area contributed by atoms with E-state index in [2.05, 4.69) is 52.2 Å². The fourth-order valence-electron chi connectivity index (χ4n) is 3.91. The number of ether oxygens (including phenoxy) is 2. The number of methoxy groups -OCH3 is 1. The van der Waals surface area contributed by atoms with Crippen molar-refractivity contribution in [1.82, 2.24) is 0 Å². The number of amides is 1. The predicted octanol–water partition coefficient (Wildman–Crippen LogP) is 7.19. The van der Waals surface area contributed by atoms with Gasteiger partial charge in [-0.3, -0.25) is 4.79 Å². The number of nitrogens with one attached hydrogen (secondary N) is 1. The fraction of sp³-hybridized carbons (Fsp3) is 0.133. The monoisotopic (exact) mass is 588 g/mol. The number of benzene rings is 4. The highest BCUT2D eigenvalue weighted by Crippen LogP contribution is 2.35. The average Bonchev–Trinajstić information content (AvgIpc) is 2.87. The zero-order valence-corrected chi connectivity index (χ0v) is 22.4. The number of fused-ring (bicyclic) bond motifs is 1. The molecule has 5 nitrogen and oxygen atoms in total. The van der Waals surface area contributed by atoms with Gasteiger partial charge in [-0.05, 0) is 94.2 Å². The smallest absolute Gasteiger partial charge is 0.266 e. The Balaban J connectivity index is 1.54. The molecule has 0 radical (unpaired) electrons. The first kappa shape index (κ1) is 25.3. The Labute approximate surface area is 224 Å². The molecule has 4 rings (SSSR count). The van der Waals surface area contributed by atoms with Crippen LogP contribution in [-0.2, 0) is 11.4 Å². The molecule has 0 saturated heterocycles. The van der Waals surface area contributed by atoms with Crippen LogP contribution in [0.4, 0.5) is 5.69 Å². The van der Waals surface area contributed by atoms with Gasteiger partial charge in [-0.2, -0.15) is 5.26 Å². The molecule has 0 fully saturated rings. The number of rotatable bonds is 7. The van der Waals surface area contributed by atoms with Gasteiger partial charge in [-0.15, -0.1) is 0 Å². The van der Waals surface area contributed by atoms with E-state index in [0.717, 1.165) is 25.6 Å². The Morgan fingerprint density at radius 2 is 1.81 bits per heavy atom. The highest BCUT2D eigenvalue weighted by atomic mass is 127. The molecule has 1 N–H and O–H groups in total. The number of carbonyl (C=O) groups is 1. The highest BCUT2D eigenvalue weighted by molar-refractivity contribution is 14.1. The molecule has 6 heteroatoms. The van der Waals surface area contributed by atoms with Gasteiger partial charge in [0.1, 0.15) is 18.2 Å². The molecule has 0 atom stereocenters. The van der Waals surface area contributed by atoms with E-state index in [9.17, 15) is 10.1 Å². The molecular formula is C30H25IN2O3. The third kappa shape index (κ3) is 5.86. The number of anilines is 1. The van der Waals surface area contributed by atoms with Crippen molar-refractivity contribution in [3.05, 3.63) is 104 Å². The van der Waals surface area contributed by atoms with Gasteiger partial charge in [-0.1, -0.05) is 54.1 Å². The maximum atomic E-state index is 12.8. The van der Waals surface area contributed by atoms with Crippen LogP contribution in [0.15, 0.2) is 78.4 Å². The summed E-state index contributed by atoms with van der Waals surface area (Å²) in [7, 11) is 1.57. The second-order valence-corrected chi connectivity index (χ2v) is 9.61. The maximum Gasteiger partial charge on any atom is 0.266 e. The summed E-state index contributed by atoms with van der Waals surface area (Å²) < 4.78 is 12.5. The molecule has 4 aromatic rings. The lowest BCUT2D eigenvalue weighted by molar-refractivity contribution is -0.112. The van der Waals surface area contributed by atoms with Gasteiger partial charge in [0.05, 0.1) is 10.7 Å². The maximum absolute atomic E-state index is 12.8. The lowest BCUT2D eigenvalue weighted by atomic mass is 10.1. The first-order valence-electron chi connectivity index (χ1n) is 11.4. The zero-order valence-electron chi connectivity index (χ0n) is 20.3. The summed E-state index contributed by atoms with van der Waals surface area (Å²) in [4.78, 5) is 12.8. The summed E-state index contributed by atoms with van der Waals surface area (Å²) in [6, 6.07) is 25.8. The van der Waals surface area contributed by atoms with Crippen LogP contribution < -0.4 is 14.8 Å². The number of carbonyl (C=O) groups excluding carboxylic acids is 1. The third-order valence-corrected chi connectivity index (χ3v) is 6.56. The van der Waals surface area contributed by atoms with E-state index in [1.807, 2.05) is 62.4 Å². The van der Waals surface area contributed by atoms with E-state index >= 15 is 0 Å². The number of nitriles is 1. The minimum Gasteiger partial charge on any atom is -0.493 e. The average molecular weight is 588 g/mol. The normalized spacial score (nSPS) is 11.1. The minimum absolute atomic E-state index is 0.00217. The molecule has 0 aliphatic heterocycles. The van der Waals surface area contributed by atoms with Crippen molar-refractivity contribution in [2.24, 2.45) is 0 Å². The first-order chi connectivity index (χ1) is 17.4. The number of nitrogens with zero attached hydrogens (tertiary/aromatic N) is 1. The molecule has 4 aromatic carbocycles. The van der Waals surface area contributed by atoms with Gasteiger partial charge >= 0.3 is 0 Å². The van der Waals surface area contributed by atoms with E-state index in [1.165, 1.54) is 5.39 Å². The van der Waals surface area contributed by atoms with Gasteiger partial charge in [0.25, 0.3) is 5.91 Å². The van der Waals surface area contributed by atoms with Crippen LogP contribution in [0.1, 0.15) is 22.3 Å². The van der Waals surface area contributed by atoms with Crippen LogP contribution >= 0.6 is 22.6 Å². The first-order valence-corrected chi connectivity index (χ1v) is 12.4. The Kier molecular flexibility index (Phi) is 7.91. The highest BCUT2D eigenvalue weighted by Gasteiger charge is 2.15. The lowest BCUT2D eigenvalue weighted by Crippen LogP contribution is -2.14.